The molecule has 0 radical (unpaired) electrons. The van der Waals surface area contributed by atoms with Gasteiger partial charge in [-0.15, -0.1) is 4.57 Å². The zero-order chi connectivity index (χ0) is 6.69. The van der Waals surface area contributed by atoms with E-state index in [2.05, 4.69) is 4.98 Å². The highest BCUT2D eigenvalue weighted by molar-refractivity contribution is 5.53. The van der Waals surface area contributed by atoms with E-state index in [4.69, 9.17) is 5.11 Å². The van der Waals surface area contributed by atoms with E-state index < -0.39 is 6.09 Å². The maximum atomic E-state index is 10.1. The van der Waals surface area contributed by atoms with E-state index >= 15 is 0 Å². The van der Waals surface area contributed by atoms with E-state index in [1.165, 1.54) is 18.7 Å². The lowest BCUT2D eigenvalue weighted by Gasteiger charge is -1.83. The molecule has 0 amide bonds. The third-order valence-electron chi connectivity index (χ3n) is 0.831. The quantitative estimate of drug-likeness (QED) is 0.492. The lowest BCUT2D eigenvalue weighted by atomic mass is 10.7. The Morgan fingerprint density at radius 3 is 2.78 bits per heavy atom. The van der Waals surface area contributed by atoms with Crippen molar-refractivity contribution in [2.45, 2.75) is 0 Å². The summed E-state index contributed by atoms with van der Waals surface area (Å²) >= 11 is 0. The standard InChI is InChI=1S/C5H4N2O2/c8-5(9)7-3-1-2-6-4-7/h1-4H/p+1. The van der Waals surface area contributed by atoms with Gasteiger partial charge in [0, 0.05) is 6.07 Å². The molecule has 0 saturated carbocycles. The summed E-state index contributed by atoms with van der Waals surface area (Å²) in [5.41, 5.74) is 0. The van der Waals surface area contributed by atoms with Crippen LogP contribution >= 0.6 is 0 Å². The van der Waals surface area contributed by atoms with Crippen LogP contribution in [-0.4, -0.2) is 16.2 Å². The van der Waals surface area contributed by atoms with Crippen LogP contribution < -0.4 is 4.57 Å². The molecule has 1 heterocycles. The van der Waals surface area contributed by atoms with Gasteiger partial charge in [0.05, 0.1) is 0 Å². The Morgan fingerprint density at radius 2 is 2.44 bits per heavy atom. The van der Waals surface area contributed by atoms with Gasteiger partial charge in [-0.05, 0) is 0 Å². The van der Waals surface area contributed by atoms with Crippen molar-refractivity contribution >= 4 is 6.09 Å². The molecule has 0 unspecified atom stereocenters. The number of rotatable bonds is 0. The Hall–Kier alpha value is -1.45. The van der Waals surface area contributed by atoms with Gasteiger partial charge in [-0.3, -0.25) is 0 Å². The fourth-order valence-corrected chi connectivity index (χ4v) is 0.443. The minimum atomic E-state index is -1.02. The Kier molecular flexibility index (Phi) is 1.40. The SMILES string of the molecule is O=C(O)[n+]1cccnc1. The Bertz CT molecular complexity index is 209. The molecule has 0 bridgehead atoms. The van der Waals surface area contributed by atoms with Crippen LogP contribution in [0.25, 0.3) is 0 Å². The summed E-state index contributed by atoms with van der Waals surface area (Å²) < 4.78 is 0.972. The maximum absolute atomic E-state index is 10.1. The summed E-state index contributed by atoms with van der Waals surface area (Å²) in [5.74, 6) is 0. The summed E-state index contributed by atoms with van der Waals surface area (Å²) in [6.07, 6.45) is 3.12. The highest BCUT2D eigenvalue weighted by atomic mass is 16.4. The molecular formula is C5H5N2O2+. The van der Waals surface area contributed by atoms with Gasteiger partial charge < -0.3 is 5.11 Å². The zero-order valence-electron chi connectivity index (χ0n) is 4.56. The van der Waals surface area contributed by atoms with Gasteiger partial charge in [0.25, 0.3) is 6.33 Å². The van der Waals surface area contributed by atoms with Crippen LogP contribution in [0.1, 0.15) is 0 Å². The number of hydrogen-bond donors (Lipinski definition) is 1. The molecule has 46 valence electrons. The number of carboxylic acid groups (broad SMARTS) is 1. The second kappa shape index (κ2) is 2.21. The molecule has 1 aromatic heterocycles. The number of nitrogens with zero attached hydrogens (tertiary/aromatic N) is 2. The molecule has 0 aliphatic rings. The second-order valence-electron chi connectivity index (χ2n) is 1.44. The fourth-order valence-electron chi connectivity index (χ4n) is 0.443. The van der Waals surface area contributed by atoms with Crippen molar-refractivity contribution in [3.8, 4) is 0 Å². The number of aromatic nitrogens is 2. The minimum absolute atomic E-state index is 0.972. The van der Waals surface area contributed by atoms with Gasteiger partial charge in [0.2, 0.25) is 0 Å². The molecular weight excluding hydrogens is 120 g/mol. The average molecular weight is 125 g/mol. The molecule has 1 aromatic rings. The molecule has 0 aromatic carbocycles. The van der Waals surface area contributed by atoms with Crippen LogP contribution in [0.15, 0.2) is 24.8 Å². The van der Waals surface area contributed by atoms with Crippen molar-refractivity contribution in [1.29, 1.82) is 0 Å². The highest BCUT2D eigenvalue weighted by Crippen LogP contribution is 1.68. The molecule has 0 atom stereocenters. The Labute approximate surface area is 51.4 Å². The van der Waals surface area contributed by atoms with Gasteiger partial charge in [0.15, 0.2) is 0 Å². The normalized spacial score (nSPS) is 8.89. The van der Waals surface area contributed by atoms with Crippen LogP contribution in [0.4, 0.5) is 4.79 Å². The summed E-state index contributed by atoms with van der Waals surface area (Å²) in [6.45, 7) is 0. The average Bonchev–Trinajstić information content (AvgIpc) is 1.90. The molecule has 0 fully saturated rings. The van der Waals surface area contributed by atoms with Gasteiger partial charge in [-0.25, -0.2) is 0 Å². The smallest absolute Gasteiger partial charge is 0.446 e. The van der Waals surface area contributed by atoms with Gasteiger partial charge in [-0.2, -0.15) is 4.79 Å². The molecule has 1 N–H and O–H groups in total. The van der Waals surface area contributed by atoms with Crippen LogP contribution in [-0.2, 0) is 0 Å². The van der Waals surface area contributed by atoms with Crippen molar-refractivity contribution < 1.29 is 14.5 Å². The van der Waals surface area contributed by atoms with E-state index in [0.717, 1.165) is 4.57 Å². The second-order valence-corrected chi connectivity index (χ2v) is 1.44. The number of hydrogen-bond acceptors (Lipinski definition) is 2. The van der Waals surface area contributed by atoms with E-state index in [1.807, 2.05) is 0 Å². The summed E-state index contributed by atoms with van der Waals surface area (Å²) in [5, 5.41) is 8.31. The van der Waals surface area contributed by atoms with Crippen molar-refractivity contribution in [2.24, 2.45) is 0 Å². The Morgan fingerprint density at radius 1 is 1.67 bits per heavy atom. The molecule has 0 spiro atoms. The predicted molar refractivity (Wildman–Crippen MR) is 27.9 cm³/mol. The summed E-state index contributed by atoms with van der Waals surface area (Å²) in [6, 6.07) is 1.55. The lowest BCUT2D eigenvalue weighted by Crippen LogP contribution is -2.40. The first-order chi connectivity index (χ1) is 4.30. The van der Waals surface area contributed by atoms with Crippen LogP contribution in [0.2, 0.25) is 0 Å². The Balaban J connectivity index is 2.98. The van der Waals surface area contributed by atoms with E-state index in [-0.39, 0.29) is 0 Å². The maximum Gasteiger partial charge on any atom is 0.509 e. The van der Waals surface area contributed by atoms with Crippen LogP contribution in [0.5, 0.6) is 0 Å². The first kappa shape index (κ1) is 5.68. The predicted octanol–water partition coefficient (Wildman–Crippen LogP) is -0.105. The molecule has 9 heavy (non-hydrogen) atoms. The van der Waals surface area contributed by atoms with Crippen molar-refractivity contribution in [3.63, 3.8) is 0 Å². The van der Waals surface area contributed by atoms with Crippen molar-refractivity contribution in [1.82, 2.24) is 4.98 Å². The molecule has 0 aliphatic heterocycles. The van der Waals surface area contributed by atoms with E-state index in [9.17, 15) is 4.79 Å². The first-order valence-corrected chi connectivity index (χ1v) is 2.35. The summed E-state index contributed by atoms with van der Waals surface area (Å²) in [7, 11) is 0. The topological polar surface area (TPSA) is 54.1 Å². The minimum Gasteiger partial charge on any atom is -0.446 e. The van der Waals surface area contributed by atoms with E-state index in [0.29, 0.717) is 0 Å². The fraction of sp³-hybridized carbons (Fsp3) is 0. The van der Waals surface area contributed by atoms with Crippen molar-refractivity contribution in [2.75, 3.05) is 0 Å². The van der Waals surface area contributed by atoms with E-state index in [1.54, 1.807) is 6.07 Å². The largest absolute Gasteiger partial charge is 0.509 e. The first-order valence-electron chi connectivity index (χ1n) is 2.35. The van der Waals surface area contributed by atoms with Gasteiger partial charge >= 0.3 is 6.09 Å². The molecule has 4 nitrogen and oxygen atoms in total. The molecule has 4 heteroatoms. The van der Waals surface area contributed by atoms with Gasteiger partial charge in [0.1, 0.15) is 12.4 Å². The van der Waals surface area contributed by atoms with Crippen LogP contribution in [0, 0.1) is 0 Å². The summed E-state index contributed by atoms with van der Waals surface area (Å²) in [4.78, 5) is 13.7. The van der Waals surface area contributed by atoms with Gasteiger partial charge in [-0.1, -0.05) is 4.98 Å². The zero-order valence-corrected chi connectivity index (χ0v) is 4.56. The molecule has 0 saturated heterocycles. The highest BCUT2D eigenvalue weighted by Gasteiger charge is 2.02. The number of carbonyl (C=O) groups is 1. The van der Waals surface area contributed by atoms with Crippen LogP contribution in [0.3, 0.4) is 0 Å². The molecule has 1 rings (SSSR count). The third kappa shape index (κ3) is 1.22. The van der Waals surface area contributed by atoms with Crippen molar-refractivity contribution in [3.05, 3.63) is 24.8 Å². The lowest BCUT2D eigenvalue weighted by molar-refractivity contribution is -0.587. The molecule has 0 aliphatic carbocycles. The third-order valence-corrected chi connectivity index (χ3v) is 0.831. The monoisotopic (exact) mass is 125 g/mol.